The molecule has 1 amide bonds. The summed E-state index contributed by atoms with van der Waals surface area (Å²) in [5.74, 6) is 0.0869. The average molecular weight is 515 g/mol. The number of carbonyl (C=O) groups is 1. The molecule has 4 nitrogen and oxygen atoms in total. The van der Waals surface area contributed by atoms with Gasteiger partial charge in [-0.3, -0.25) is 4.79 Å². The molecule has 1 spiro atoms. The van der Waals surface area contributed by atoms with Gasteiger partial charge < -0.3 is 15.4 Å². The highest BCUT2D eigenvalue weighted by Gasteiger charge is 2.46. The molecule has 2 N–H and O–H groups in total. The van der Waals surface area contributed by atoms with Crippen LogP contribution in [0.1, 0.15) is 61.0 Å². The van der Waals surface area contributed by atoms with Crippen LogP contribution in [0, 0.1) is 6.92 Å². The van der Waals surface area contributed by atoms with Gasteiger partial charge in [-0.15, -0.1) is 0 Å². The minimum Gasteiger partial charge on any atom is -0.372 e. The molecule has 2 aromatic rings. The Balaban J connectivity index is 0.00000204. The van der Waals surface area contributed by atoms with Crippen molar-refractivity contribution in [3.05, 3.63) is 70.8 Å². The SMILES string of the molecule is Cc1cc([C@@H](C)OC[C@@]2(c3ccccc3)CC[C@]3(CCC(=O)N3)CN2)cc(C(F)(F)F)c1.S.S. The number of alkyl halides is 3. The van der Waals surface area contributed by atoms with Gasteiger partial charge in [0.15, 0.2) is 0 Å². The van der Waals surface area contributed by atoms with Gasteiger partial charge in [0.25, 0.3) is 0 Å². The maximum atomic E-state index is 13.3. The molecule has 188 valence electrons. The number of benzene rings is 2. The van der Waals surface area contributed by atoms with Gasteiger partial charge in [-0.1, -0.05) is 42.0 Å². The van der Waals surface area contributed by atoms with E-state index in [1.807, 2.05) is 30.3 Å². The van der Waals surface area contributed by atoms with E-state index in [0.29, 0.717) is 30.7 Å². The first-order valence-corrected chi connectivity index (χ1v) is 11.0. The molecular formula is C25H33F3N2O2S2. The number of halogens is 3. The number of hydrogen-bond donors (Lipinski definition) is 2. The number of carbonyl (C=O) groups excluding carboxylic acids is 1. The molecular weight excluding hydrogens is 481 g/mol. The summed E-state index contributed by atoms with van der Waals surface area (Å²) >= 11 is 0. The van der Waals surface area contributed by atoms with Crippen molar-refractivity contribution in [2.75, 3.05) is 13.2 Å². The monoisotopic (exact) mass is 514 g/mol. The van der Waals surface area contributed by atoms with Crippen molar-refractivity contribution < 1.29 is 22.7 Å². The fourth-order valence-electron chi connectivity index (χ4n) is 4.85. The normalized spacial score (nSPS) is 25.3. The van der Waals surface area contributed by atoms with Gasteiger partial charge >= 0.3 is 6.18 Å². The molecule has 2 heterocycles. The second-order valence-corrected chi connectivity index (χ2v) is 9.21. The molecule has 0 bridgehead atoms. The van der Waals surface area contributed by atoms with Crippen molar-refractivity contribution in [1.29, 1.82) is 0 Å². The number of rotatable bonds is 5. The lowest BCUT2D eigenvalue weighted by Gasteiger charge is -2.46. The van der Waals surface area contributed by atoms with Crippen molar-refractivity contribution >= 4 is 32.9 Å². The van der Waals surface area contributed by atoms with Gasteiger partial charge in [0.1, 0.15) is 0 Å². The van der Waals surface area contributed by atoms with Crippen LogP contribution in [0.15, 0.2) is 48.5 Å². The van der Waals surface area contributed by atoms with Crippen molar-refractivity contribution in [2.24, 2.45) is 0 Å². The zero-order valence-corrected chi connectivity index (χ0v) is 21.4. The Hall–Kier alpha value is -1.68. The van der Waals surface area contributed by atoms with Crippen molar-refractivity contribution in [1.82, 2.24) is 10.6 Å². The molecule has 0 aliphatic carbocycles. The van der Waals surface area contributed by atoms with Gasteiger partial charge in [0.2, 0.25) is 5.91 Å². The third kappa shape index (κ3) is 6.11. The van der Waals surface area contributed by atoms with Gasteiger partial charge in [0.05, 0.1) is 29.4 Å². The van der Waals surface area contributed by atoms with Crippen molar-refractivity contribution in [3.8, 4) is 0 Å². The van der Waals surface area contributed by atoms with E-state index in [1.165, 1.54) is 6.07 Å². The predicted molar refractivity (Wildman–Crippen MR) is 137 cm³/mol. The van der Waals surface area contributed by atoms with Crippen LogP contribution in [0.25, 0.3) is 0 Å². The molecule has 2 fully saturated rings. The van der Waals surface area contributed by atoms with E-state index >= 15 is 0 Å². The van der Waals surface area contributed by atoms with E-state index in [1.54, 1.807) is 19.9 Å². The second kappa shape index (κ2) is 10.9. The summed E-state index contributed by atoms with van der Waals surface area (Å²) in [6.07, 6.45) is -1.96. The molecule has 0 saturated carbocycles. The van der Waals surface area contributed by atoms with Crippen LogP contribution >= 0.6 is 27.0 Å². The number of ether oxygens (including phenoxy) is 1. The molecule has 3 atom stereocenters. The minimum absolute atomic E-state index is 0. The fourth-order valence-corrected chi connectivity index (χ4v) is 4.85. The fraction of sp³-hybridized carbons (Fsp3) is 0.480. The Morgan fingerprint density at radius 1 is 1.06 bits per heavy atom. The van der Waals surface area contributed by atoms with Crippen molar-refractivity contribution in [3.63, 3.8) is 0 Å². The van der Waals surface area contributed by atoms with Crippen LogP contribution < -0.4 is 10.6 Å². The van der Waals surface area contributed by atoms with Crippen LogP contribution in [0.5, 0.6) is 0 Å². The third-order valence-corrected chi connectivity index (χ3v) is 6.83. The largest absolute Gasteiger partial charge is 0.416 e. The topological polar surface area (TPSA) is 50.4 Å². The number of amides is 1. The molecule has 9 heteroatoms. The van der Waals surface area contributed by atoms with Crippen LogP contribution in [0.2, 0.25) is 0 Å². The first-order valence-electron chi connectivity index (χ1n) is 11.0. The van der Waals surface area contributed by atoms with Crippen molar-refractivity contribution in [2.45, 2.75) is 62.9 Å². The second-order valence-electron chi connectivity index (χ2n) is 9.21. The number of nitrogens with one attached hydrogen (secondary N) is 2. The van der Waals surface area contributed by atoms with E-state index in [0.717, 1.165) is 30.9 Å². The molecule has 2 aromatic carbocycles. The Morgan fingerprint density at radius 2 is 1.76 bits per heavy atom. The molecule has 0 aromatic heterocycles. The molecule has 2 aliphatic heterocycles. The van der Waals surface area contributed by atoms with Crippen LogP contribution in [0.4, 0.5) is 13.2 Å². The lowest BCUT2D eigenvalue weighted by molar-refractivity contribution is -0.137. The Bertz CT molecular complexity index is 978. The highest BCUT2D eigenvalue weighted by molar-refractivity contribution is 7.59. The quantitative estimate of drug-likeness (QED) is 0.574. The van der Waals surface area contributed by atoms with Gasteiger partial charge in [-0.05, 0) is 56.4 Å². The number of hydrogen-bond acceptors (Lipinski definition) is 3. The Kier molecular flexibility index (Phi) is 9.18. The first kappa shape index (κ1) is 28.6. The van der Waals surface area contributed by atoms with Crippen LogP contribution in [-0.4, -0.2) is 24.6 Å². The highest BCUT2D eigenvalue weighted by atomic mass is 32.1. The first-order chi connectivity index (χ1) is 15.1. The maximum absolute atomic E-state index is 13.3. The van der Waals surface area contributed by atoms with E-state index in [4.69, 9.17) is 4.74 Å². The lowest BCUT2D eigenvalue weighted by atomic mass is 9.76. The summed E-state index contributed by atoms with van der Waals surface area (Å²) in [5, 5.41) is 6.76. The Labute approximate surface area is 212 Å². The average Bonchev–Trinajstić information content (AvgIpc) is 3.13. The molecule has 4 rings (SSSR count). The van der Waals surface area contributed by atoms with E-state index in [9.17, 15) is 18.0 Å². The van der Waals surface area contributed by atoms with E-state index in [-0.39, 0.29) is 38.4 Å². The standard InChI is InChI=1S/C25H29F3N2O2.2H2S/c1-17-12-19(14-21(13-17)25(26,27)28)18(2)32-16-24(20-6-4-3-5-7-20)11-10-23(15-29-24)9-8-22(31)30-23;;/h3-7,12-14,18,29H,8-11,15-16H2,1-2H3,(H,30,31);2*1H2/t18-,23-,24-;;/m1../s1. The van der Waals surface area contributed by atoms with Gasteiger partial charge in [-0.2, -0.15) is 40.2 Å². The summed E-state index contributed by atoms with van der Waals surface area (Å²) < 4.78 is 46.0. The summed E-state index contributed by atoms with van der Waals surface area (Å²) in [6.45, 7) is 4.40. The minimum atomic E-state index is -4.39. The number of piperidine rings is 1. The summed E-state index contributed by atoms with van der Waals surface area (Å²) in [7, 11) is 0. The van der Waals surface area contributed by atoms with E-state index in [2.05, 4.69) is 10.6 Å². The molecule has 2 saturated heterocycles. The van der Waals surface area contributed by atoms with Gasteiger partial charge in [-0.25, -0.2) is 0 Å². The molecule has 34 heavy (non-hydrogen) atoms. The Morgan fingerprint density at radius 3 is 2.32 bits per heavy atom. The predicted octanol–water partition coefficient (Wildman–Crippen LogP) is 5.24. The molecule has 0 unspecified atom stereocenters. The zero-order chi connectivity index (χ0) is 23.0. The highest BCUT2D eigenvalue weighted by Crippen LogP contribution is 2.39. The van der Waals surface area contributed by atoms with Crippen LogP contribution in [0.3, 0.4) is 0 Å². The molecule has 2 aliphatic rings. The lowest BCUT2D eigenvalue weighted by Crippen LogP contribution is -2.61. The smallest absolute Gasteiger partial charge is 0.372 e. The van der Waals surface area contributed by atoms with Gasteiger partial charge in [0, 0.05) is 13.0 Å². The van der Waals surface area contributed by atoms with Crippen LogP contribution in [-0.2, 0) is 21.2 Å². The summed E-state index contributed by atoms with van der Waals surface area (Å²) in [6, 6.07) is 14.0. The number of aryl methyl sites for hydroxylation is 1. The molecule has 0 radical (unpaired) electrons. The summed E-state index contributed by atoms with van der Waals surface area (Å²) in [5.41, 5.74) is 0.792. The third-order valence-electron chi connectivity index (χ3n) is 6.83. The maximum Gasteiger partial charge on any atom is 0.416 e. The zero-order valence-electron chi connectivity index (χ0n) is 19.4. The van der Waals surface area contributed by atoms with E-state index < -0.39 is 23.4 Å². The summed E-state index contributed by atoms with van der Waals surface area (Å²) in [4.78, 5) is 11.8.